The smallest absolute Gasteiger partial charge is 0.262 e. The summed E-state index contributed by atoms with van der Waals surface area (Å²) in [4.78, 5) is 12.6. The van der Waals surface area contributed by atoms with Crippen LogP contribution >= 0.6 is 0 Å². The predicted molar refractivity (Wildman–Crippen MR) is 115 cm³/mol. The Balaban J connectivity index is 1.53. The van der Waals surface area contributed by atoms with Crippen LogP contribution < -0.4 is 19.5 Å². The molecule has 3 aromatic rings. The van der Waals surface area contributed by atoms with Crippen molar-refractivity contribution in [3.8, 4) is 17.2 Å². The number of hydrogen-bond acceptors (Lipinski definition) is 6. The number of phenols is 1. The van der Waals surface area contributed by atoms with Gasteiger partial charge in [0.2, 0.25) is 0 Å². The quantitative estimate of drug-likeness (QED) is 0.523. The van der Waals surface area contributed by atoms with Crippen molar-refractivity contribution < 1.29 is 27.8 Å². The van der Waals surface area contributed by atoms with Gasteiger partial charge in [0, 0.05) is 17.3 Å². The number of nitrogens with one attached hydrogen (secondary N) is 2. The molecule has 0 bridgehead atoms. The number of anilines is 2. The van der Waals surface area contributed by atoms with Crippen molar-refractivity contribution in [2.75, 3.05) is 23.3 Å². The Labute approximate surface area is 179 Å². The molecule has 0 aromatic heterocycles. The fourth-order valence-corrected chi connectivity index (χ4v) is 4.14. The Morgan fingerprint density at radius 2 is 1.74 bits per heavy atom. The third-order valence-electron chi connectivity index (χ3n) is 4.60. The van der Waals surface area contributed by atoms with Gasteiger partial charge in [0.15, 0.2) is 11.5 Å². The second-order valence-corrected chi connectivity index (χ2v) is 8.65. The first kappa shape index (κ1) is 20.5. The number of phenolic OH excluding ortho intramolecular Hbond substituents is 1. The number of benzene rings is 3. The summed E-state index contributed by atoms with van der Waals surface area (Å²) in [6.07, 6.45) is 0. The Morgan fingerprint density at radius 3 is 2.52 bits per heavy atom. The molecule has 0 radical (unpaired) electrons. The van der Waals surface area contributed by atoms with E-state index in [9.17, 15) is 18.3 Å². The highest BCUT2D eigenvalue weighted by Gasteiger charge is 2.20. The number of aromatic hydroxyl groups is 1. The number of fused-ring (bicyclic) bond motifs is 1. The van der Waals surface area contributed by atoms with E-state index >= 15 is 0 Å². The van der Waals surface area contributed by atoms with Crippen LogP contribution in [0.25, 0.3) is 0 Å². The van der Waals surface area contributed by atoms with E-state index in [0.717, 1.165) is 5.56 Å². The molecule has 9 heteroatoms. The van der Waals surface area contributed by atoms with Crippen LogP contribution in [0.2, 0.25) is 0 Å². The molecule has 31 heavy (non-hydrogen) atoms. The van der Waals surface area contributed by atoms with Gasteiger partial charge in [0.05, 0.1) is 10.6 Å². The highest BCUT2D eigenvalue weighted by atomic mass is 32.2. The minimum Gasteiger partial charge on any atom is -0.506 e. The number of hydrogen-bond donors (Lipinski definition) is 3. The number of sulfonamides is 1. The maximum Gasteiger partial charge on any atom is 0.262 e. The monoisotopic (exact) mass is 440 g/mol. The zero-order valence-corrected chi connectivity index (χ0v) is 17.4. The molecule has 8 nitrogen and oxygen atoms in total. The molecule has 0 saturated carbocycles. The summed E-state index contributed by atoms with van der Waals surface area (Å²) in [7, 11) is -3.92. The van der Waals surface area contributed by atoms with Crippen molar-refractivity contribution in [2.24, 2.45) is 0 Å². The molecule has 1 aliphatic rings. The van der Waals surface area contributed by atoms with Crippen molar-refractivity contribution in [3.63, 3.8) is 0 Å². The van der Waals surface area contributed by atoms with Crippen LogP contribution in [0.4, 0.5) is 11.4 Å². The zero-order valence-electron chi connectivity index (χ0n) is 16.6. The SMILES string of the molecule is Cc1ccc(NC(=O)c2cccc(NS(=O)(=O)c3ccc4c(c3)OCCO4)c2)c(O)c1. The van der Waals surface area contributed by atoms with Crippen LogP contribution in [-0.2, 0) is 10.0 Å². The maximum absolute atomic E-state index is 12.8. The van der Waals surface area contributed by atoms with E-state index in [-0.39, 0.29) is 27.6 Å². The molecular weight excluding hydrogens is 420 g/mol. The van der Waals surface area contributed by atoms with Gasteiger partial charge in [-0.25, -0.2) is 8.42 Å². The molecule has 0 fully saturated rings. The number of aryl methyl sites for hydroxylation is 1. The van der Waals surface area contributed by atoms with Crippen molar-refractivity contribution in [1.29, 1.82) is 0 Å². The Kier molecular flexibility index (Phi) is 5.43. The van der Waals surface area contributed by atoms with Gasteiger partial charge in [0.1, 0.15) is 19.0 Å². The average Bonchev–Trinajstić information content (AvgIpc) is 2.75. The van der Waals surface area contributed by atoms with Crippen LogP contribution in [0, 0.1) is 6.92 Å². The van der Waals surface area contributed by atoms with E-state index < -0.39 is 15.9 Å². The highest BCUT2D eigenvalue weighted by Crippen LogP contribution is 2.33. The van der Waals surface area contributed by atoms with Gasteiger partial charge >= 0.3 is 0 Å². The molecule has 0 spiro atoms. The first-order valence-electron chi connectivity index (χ1n) is 9.45. The molecule has 1 aliphatic heterocycles. The Hall–Kier alpha value is -3.72. The lowest BCUT2D eigenvalue weighted by Gasteiger charge is -2.19. The van der Waals surface area contributed by atoms with Crippen molar-refractivity contribution >= 4 is 27.3 Å². The summed E-state index contributed by atoms with van der Waals surface area (Å²) >= 11 is 0. The van der Waals surface area contributed by atoms with Gasteiger partial charge in [-0.1, -0.05) is 12.1 Å². The second-order valence-electron chi connectivity index (χ2n) is 6.97. The zero-order chi connectivity index (χ0) is 22.0. The van der Waals surface area contributed by atoms with Gasteiger partial charge in [-0.05, 0) is 55.0 Å². The summed E-state index contributed by atoms with van der Waals surface area (Å²) < 4.78 is 38.9. The van der Waals surface area contributed by atoms with E-state index in [1.54, 1.807) is 30.3 Å². The number of ether oxygens (including phenoxy) is 2. The number of amides is 1. The van der Waals surface area contributed by atoms with Gasteiger partial charge in [-0.3, -0.25) is 9.52 Å². The minimum absolute atomic E-state index is 0.0104. The normalized spacial score (nSPS) is 12.8. The molecule has 3 aromatic carbocycles. The van der Waals surface area contributed by atoms with E-state index in [4.69, 9.17) is 9.47 Å². The first-order valence-corrected chi connectivity index (χ1v) is 10.9. The van der Waals surface area contributed by atoms with E-state index in [2.05, 4.69) is 10.0 Å². The molecule has 3 N–H and O–H groups in total. The standard InChI is InChI=1S/C22H20N2O6S/c1-14-5-7-18(19(25)11-14)23-22(26)15-3-2-4-16(12-15)24-31(27,28)17-6-8-20-21(13-17)30-10-9-29-20/h2-8,11-13,24-25H,9-10H2,1H3,(H,23,26). The third-order valence-corrected chi connectivity index (χ3v) is 5.98. The van der Waals surface area contributed by atoms with E-state index in [1.165, 1.54) is 30.3 Å². The van der Waals surface area contributed by atoms with Gasteiger partial charge in [-0.15, -0.1) is 0 Å². The predicted octanol–water partition coefficient (Wildman–Crippen LogP) is 3.52. The fourth-order valence-electron chi connectivity index (χ4n) is 3.07. The third kappa shape index (κ3) is 4.56. The Morgan fingerprint density at radius 1 is 0.968 bits per heavy atom. The number of carbonyl (C=O) groups is 1. The molecular formula is C22H20N2O6S. The molecule has 1 heterocycles. The molecule has 1 amide bonds. The lowest BCUT2D eigenvalue weighted by Crippen LogP contribution is -2.17. The van der Waals surface area contributed by atoms with Gasteiger partial charge < -0.3 is 19.9 Å². The average molecular weight is 440 g/mol. The topological polar surface area (TPSA) is 114 Å². The number of rotatable bonds is 5. The first-order chi connectivity index (χ1) is 14.8. The molecule has 0 atom stereocenters. The maximum atomic E-state index is 12.8. The summed E-state index contributed by atoms with van der Waals surface area (Å²) in [5, 5.41) is 12.6. The summed E-state index contributed by atoms with van der Waals surface area (Å²) in [6, 6.07) is 15.3. The van der Waals surface area contributed by atoms with Gasteiger partial charge in [-0.2, -0.15) is 0 Å². The number of carbonyl (C=O) groups excluding carboxylic acids is 1. The molecule has 160 valence electrons. The second kappa shape index (κ2) is 8.19. The van der Waals surface area contributed by atoms with Crippen molar-refractivity contribution in [3.05, 3.63) is 71.8 Å². The van der Waals surface area contributed by atoms with E-state index in [0.29, 0.717) is 24.7 Å². The molecule has 0 unspecified atom stereocenters. The molecule has 4 rings (SSSR count). The summed E-state index contributed by atoms with van der Waals surface area (Å²) in [5.41, 5.74) is 1.56. The summed E-state index contributed by atoms with van der Waals surface area (Å²) in [6.45, 7) is 2.58. The highest BCUT2D eigenvalue weighted by molar-refractivity contribution is 7.92. The minimum atomic E-state index is -3.92. The molecule has 0 aliphatic carbocycles. The lowest BCUT2D eigenvalue weighted by molar-refractivity contribution is 0.102. The van der Waals surface area contributed by atoms with Crippen molar-refractivity contribution in [2.45, 2.75) is 11.8 Å². The fraction of sp³-hybridized carbons (Fsp3) is 0.136. The van der Waals surface area contributed by atoms with Crippen LogP contribution in [-0.4, -0.2) is 32.6 Å². The van der Waals surface area contributed by atoms with Crippen LogP contribution in [0.5, 0.6) is 17.2 Å². The Bertz CT molecular complexity index is 1260. The lowest BCUT2D eigenvalue weighted by atomic mass is 10.1. The largest absolute Gasteiger partial charge is 0.506 e. The van der Waals surface area contributed by atoms with Crippen LogP contribution in [0.3, 0.4) is 0 Å². The van der Waals surface area contributed by atoms with E-state index in [1.807, 2.05) is 6.92 Å². The summed E-state index contributed by atoms with van der Waals surface area (Å²) in [5.74, 6) is 0.312. The van der Waals surface area contributed by atoms with Crippen LogP contribution in [0.1, 0.15) is 15.9 Å². The van der Waals surface area contributed by atoms with Crippen molar-refractivity contribution in [1.82, 2.24) is 0 Å². The van der Waals surface area contributed by atoms with Crippen LogP contribution in [0.15, 0.2) is 65.6 Å². The van der Waals surface area contributed by atoms with Gasteiger partial charge in [0.25, 0.3) is 15.9 Å². The molecule has 0 saturated heterocycles.